The summed E-state index contributed by atoms with van der Waals surface area (Å²) < 4.78 is 1.06. The van der Waals surface area contributed by atoms with Gasteiger partial charge < -0.3 is 10.4 Å². The molecule has 92 valence electrons. The normalized spacial score (nSPS) is 13.5. The number of hydrogen-bond donors (Lipinski definition) is 2. The molecule has 17 heavy (non-hydrogen) atoms. The zero-order valence-corrected chi connectivity index (χ0v) is 11.5. The topological polar surface area (TPSA) is 49.3 Å². The number of carbonyl (C=O) groups is 1. The largest absolute Gasteiger partial charge is 0.478 e. The van der Waals surface area contributed by atoms with Crippen molar-refractivity contribution in [1.82, 2.24) is 5.32 Å². The molecule has 0 aliphatic rings. The van der Waals surface area contributed by atoms with Crippen molar-refractivity contribution < 1.29 is 9.90 Å². The first-order valence-corrected chi connectivity index (χ1v) is 6.18. The second-order valence-electron chi connectivity index (χ2n) is 3.95. The minimum Gasteiger partial charge on any atom is -0.478 e. The van der Waals surface area contributed by atoms with Gasteiger partial charge in [-0.2, -0.15) is 0 Å². The number of halogens is 1. The lowest BCUT2D eigenvalue weighted by molar-refractivity contribution is -0.131. The Kier molecular flexibility index (Phi) is 5.38. The molecule has 0 saturated heterocycles. The summed E-state index contributed by atoms with van der Waals surface area (Å²) in [5, 5.41) is 11.9. The molecule has 0 amide bonds. The summed E-state index contributed by atoms with van der Waals surface area (Å²) in [4.78, 5) is 10.5. The van der Waals surface area contributed by atoms with E-state index in [2.05, 4.69) is 21.2 Å². The average Bonchev–Trinajstić information content (AvgIpc) is 2.25. The van der Waals surface area contributed by atoms with Crippen molar-refractivity contribution in [1.29, 1.82) is 0 Å². The number of benzene rings is 1. The first-order chi connectivity index (χ1) is 8.00. The summed E-state index contributed by atoms with van der Waals surface area (Å²) in [6.07, 6.45) is 1.22. The molecule has 0 fully saturated rings. The van der Waals surface area contributed by atoms with Crippen molar-refractivity contribution in [2.24, 2.45) is 0 Å². The molecule has 1 atom stereocenters. The lowest BCUT2D eigenvalue weighted by atomic mass is 10.1. The summed E-state index contributed by atoms with van der Waals surface area (Å²) in [7, 11) is 0. The highest BCUT2D eigenvalue weighted by Gasteiger charge is 2.07. The van der Waals surface area contributed by atoms with Gasteiger partial charge >= 0.3 is 5.97 Å². The number of rotatable bonds is 5. The van der Waals surface area contributed by atoms with Gasteiger partial charge in [0.1, 0.15) is 0 Å². The molecule has 0 spiro atoms. The van der Waals surface area contributed by atoms with Crippen molar-refractivity contribution in [3.8, 4) is 0 Å². The molecule has 1 aromatic rings. The van der Waals surface area contributed by atoms with E-state index in [0.717, 1.165) is 15.6 Å². The highest BCUT2D eigenvalue weighted by molar-refractivity contribution is 9.10. The lowest BCUT2D eigenvalue weighted by Gasteiger charge is -2.15. The van der Waals surface area contributed by atoms with Crippen molar-refractivity contribution in [2.45, 2.75) is 19.9 Å². The first kappa shape index (κ1) is 13.9. The van der Waals surface area contributed by atoms with Crippen LogP contribution < -0.4 is 5.32 Å². The third-order valence-electron chi connectivity index (χ3n) is 2.43. The minimum absolute atomic E-state index is 0.169. The summed E-state index contributed by atoms with van der Waals surface area (Å²) in [5.74, 6) is -0.905. The number of carboxylic acids is 1. The zero-order chi connectivity index (χ0) is 12.8. The fraction of sp³-hybridized carbons (Fsp3) is 0.308. The third kappa shape index (κ3) is 4.71. The van der Waals surface area contributed by atoms with Crippen LogP contribution in [0.15, 0.2) is 40.4 Å². The summed E-state index contributed by atoms with van der Waals surface area (Å²) in [5.41, 5.74) is 1.96. The summed E-state index contributed by atoms with van der Waals surface area (Å²) >= 11 is 3.50. The number of carboxylic acid groups (broad SMARTS) is 1. The number of nitrogens with one attached hydrogen (secondary N) is 1. The van der Waals surface area contributed by atoms with Gasteiger partial charge in [-0.25, -0.2) is 4.79 Å². The molecular weight excluding hydrogens is 282 g/mol. The van der Waals surface area contributed by atoms with Crippen LogP contribution in [0.4, 0.5) is 0 Å². The van der Waals surface area contributed by atoms with E-state index in [4.69, 9.17) is 5.11 Å². The monoisotopic (exact) mass is 297 g/mol. The average molecular weight is 298 g/mol. The van der Waals surface area contributed by atoms with Gasteiger partial charge in [0.05, 0.1) is 0 Å². The van der Waals surface area contributed by atoms with Gasteiger partial charge in [0.25, 0.3) is 0 Å². The van der Waals surface area contributed by atoms with E-state index in [1.54, 1.807) is 6.92 Å². The Morgan fingerprint density at radius 2 is 2.18 bits per heavy atom. The maximum absolute atomic E-state index is 10.5. The van der Waals surface area contributed by atoms with Gasteiger partial charge in [0.2, 0.25) is 0 Å². The van der Waals surface area contributed by atoms with Gasteiger partial charge in [0, 0.05) is 23.1 Å². The van der Waals surface area contributed by atoms with E-state index >= 15 is 0 Å². The number of hydrogen-bond acceptors (Lipinski definition) is 2. The predicted molar refractivity (Wildman–Crippen MR) is 72.0 cm³/mol. The van der Waals surface area contributed by atoms with Crippen molar-refractivity contribution in [2.75, 3.05) is 6.54 Å². The van der Waals surface area contributed by atoms with Crippen LogP contribution in [0.25, 0.3) is 0 Å². The fourth-order valence-electron chi connectivity index (χ4n) is 1.51. The Morgan fingerprint density at radius 1 is 1.53 bits per heavy atom. The Morgan fingerprint density at radius 3 is 2.76 bits per heavy atom. The Balaban J connectivity index is 2.59. The van der Waals surface area contributed by atoms with Crippen LogP contribution in [-0.4, -0.2) is 17.6 Å². The van der Waals surface area contributed by atoms with E-state index in [-0.39, 0.29) is 6.04 Å². The molecule has 0 saturated carbocycles. The predicted octanol–water partition coefficient (Wildman–Crippen LogP) is 3.13. The Hall–Kier alpha value is -1.13. The maximum Gasteiger partial charge on any atom is 0.328 e. The molecule has 2 N–H and O–H groups in total. The van der Waals surface area contributed by atoms with Crippen molar-refractivity contribution in [3.63, 3.8) is 0 Å². The molecule has 0 aliphatic carbocycles. The number of aliphatic carboxylic acids is 1. The Labute approximate surface area is 110 Å². The van der Waals surface area contributed by atoms with Crippen LogP contribution in [0.1, 0.15) is 25.5 Å². The molecule has 3 nitrogen and oxygen atoms in total. The smallest absolute Gasteiger partial charge is 0.328 e. The van der Waals surface area contributed by atoms with Crippen LogP contribution in [0.3, 0.4) is 0 Å². The van der Waals surface area contributed by atoms with E-state index in [1.165, 1.54) is 6.08 Å². The van der Waals surface area contributed by atoms with Crippen LogP contribution in [0.5, 0.6) is 0 Å². The fourth-order valence-corrected chi connectivity index (χ4v) is 2.14. The lowest BCUT2D eigenvalue weighted by Crippen LogP contribution is -2.21. The third-order valence-corrected chi connectivity index (χ3v) is 3.15. The molecule has 0 aliphatic heterocycles. The molecule has 1 rings (SSSR count). The highest BCUT2D eigenvalue weighted by atomic mass is 79.9. The van der Waals surface area contributed by atoms with Crippen LogP contribution in [0.2, 0.25) is 0 Å². The van der Waals surface area contributed by atoms with E-state index < -0.39 is 5.97 Å². The van der Waals surface area contributed by atoms with E-state index in [9.17, 15) is 4.79 Å². The quantitative estimate of drug-likeness (QED) is 0.821. The van der Waals surface area contributed by atoms with Crippen LogP contribution >= 0.6 is 15.9 Å². The SMILES string of the molecule is C/C(=C\C(=O)O)CN[C@H](C)c1ccccc1Br. The second kappa shape index (κ2) is 6.57. The molecule has 0 aromatic heterocycles. The van der Waals surface area contributed by atoms with Crippen LogP contribution in [-0.2, 0) is 4.79 Å². The summed E-state index contributed by atoms with van der Waals surface area (Å²) in [6, 6.07) is 8.15. The maximum atomic E-state index is 10.5. The molecule has 0 radical (unpaired) electrons. The van der Waals surface area contributed by atoms with Crippen molar-refractivity contribution >= 4 is 21.9 Å². The zero-order valence-electron chi connectivity index (χ0n) is 9.90. The summed E-state index contributed by atoms with van der Waals surface area (Å²) in [6.45, 7) is 4.41. The van der Waals surface area contributed by atoms with Gasteiger partial charge in [-0.3, -0.25) is 0 Å². The minimum atomic E-state index is -0.905. The molecule has 0 unspecified atom stereocenters. The molecule has 0 heterocycles. The van der Waals surface area contributed by atoms with E-state index in [0.29, 0.717) is 6.54 Å². The first-order valence-electron chi connectivity index (χ1n) is 5.38. The van der Waals surface area contributed by atoms with Gasteiger partial charge in [-0.15, -0.1) is 0 Å². The molecule has 4 heteroatoms. The van der Waals surface area contributed by atoms with Crippen LogP contribution in [0, 0.1) is 0 Å². The van der Waals surface area contributed by atoms with E-state index in [1.807, 2.05) is 31.2 Å². The Bertz CT molecular complexity index is 429. The molecule has 1 aromatic carbocycles. The van der Waals surface area contributed by atoms with Gasteiger partial charge in [0.15, 0.2) is 0 Å². The van der Waals surface area contributed by atoms with Crippen molar-refractivity contribution in [3.05, 3.63) is 46.0 Å². The van der Waals surface area contributed by atoms with Gasteiger partial charge in [-0.1, -0.05) is 39.7 Å². The molecule has 0 bridgehead atoms. The second-order valence-corrected chi connectivity index (χ2v) is 4.81. The molecular formula is C13H16BrNO2. The van der Waals surface area contributed by atoms with Gasteiger partial charge in [-0.05, 0) is 25.5 Å². The standard InChI is InChI=1S/C13H16BrNO2/c1-9(7-13(16)17)8-15-10(2)11-5-3-4-6-12(11)14/h3-7,10,15H,8H2,1-2H3,(H,16,17)/b9-7+/t10-/m1/s1. The highest BCUT2D eigenvalue weighted by Crippen LogP contribution is 2.22.